The number of aryl methyl sites for hydroxylation is 1. The molecule has 0 spiro atoms. The number of nitrogens with zero attached hydrogens (tertiary/aromatic N) is 3. The normalized spacial score (nSPS) is 11.7. The van der Waals surface area contributed by atoms with Gasteiger partial charge >= 0.3 is 0 Å². The van der Waals surface area contributed by atoms with E-state index < -0.39 is 0 Å². The van der Waals surface area contributed by atoms with Crippen LogP contribution in [0.25, 0.3) is 0 Å². The third kappa shape index (κ3) is 5.38. The molecule has 0 amide bonds. The van der Waals surface area contributed by atoms with Crippen LogP contribution in [0, 0.1) is 0 Å². The molecule has 3 N–H and O–H groups in total. The van der Waals surface area contributed by atoms with Crippen LogP contribution in [0.2, 0.25) is 0 Å². The van der Waals surface area contributed by atoms with Crippen LogP contribution in [0.15, 0.2) is 23.5 Å². The van der Waals surface area contributed by atoms with E-state index in [2.05, 4.69) is 22.3 Å². The molecule has 1 heterocycles. The number of hydrogen-bond donors (Lipinski definition) is 2. The summed E-state index contributed by atoms with van der Waals surface area (Å²) in [5.41, 5.74) is 5.69. The third-order valence-corrected chi connectivity index (χ3v) is 2.22. The molecule has 5 heteroatoms. The minimum absolute atomic E-state index is 0.550. The van der Waals surface area contributed by atoms with Crippen LogP contribution in [0.1, 0.15) is 26.2 Å². The van der Waals surface area contributed by atoms with E-state index in [-0.39, 0.29) is 0 Å². The van der Waals surface area contributed by atoms with Crippen LogP contribution in [-0.4, -0.2) is 28.8 Å². The summed E-state index contributed by atoms with van der Waals surface area (Å²) in [5.74, 6) is 0.550. The number of unbranched alkanes of at least 4 members (excludes halogenated alkanes) is 1. The molecule has 1 rings (SSSR count). The monoisotopic (exact) mass is 223 g/mol. The Balaban J connectivity index is 2.06. The minimum atomic E-state index is 0.550. The van der Waals surface area contributed by atoms with Crippen molar-refractivity contribution >= 4 is 5.96 Å². The van der Waals surface area contributed by atoms with Crippen LogP contribution >= 0.6 is 0 Å². The lowest BCUT2D eigenvalue weighted by molar-refractivity contribution is 0.584. The van der Waals surface area contributed by atoms with E-state index in [9.17, 15) is 0 Å². The Morgan fingerprint density at radius 3 is 3.06 bits per heavy atom. The van der Waals surface area contributed by atoms with Gasteiger partial charge in [-0.3, -0.25) is 9.67 Å². The van der Waals surface area contributed by atoms with Crippen LogP contribution in [0.3, 0.4) is 0 Å². The molecule has 1 aromatic heterocycles. The third-order valence-electron chi connectivity index (χ3n) is 2.22. The zero-order valence-electron chi connectivity index (χ0n) is 9.89. The summed E-state index contributed by atoms with van der Waals surface area (Å²) in [6, 6.07) is 1.92. The van der Waals surface area contributed by atoms with Gasteiger partial charge in [0, 0.05) is 32.0 Å². The van der Waals surface area contributed by atoms with Crippen molar-refractivity contribution in [3.05, 3.63) is 18.5 Å². The lowest BCUT2D eigenvalue weighted by Crippen LogP contribution is -2.32. The predicted molar refractivity (Wildman–Crippen MR) is 66.2 cm³/mol. The molecule has 0 radical (unpaired) electrons. The maximum Gasteiger partial charge on any atom is 0.188 e. The van der Waals surface area contributed by atoms with Gasteiger partial charge in [-0.25, -0.2) is 0 Å². The van der Waals surface area contributed by atoms with Gasteiger partial charge in [0.15, 0.2) is 5.96 Å². The van der Waals surface area contributed by atoms with Gasteiger partial charge in [-0.2, -0.15) is 5.10 Å². The molecule has 0 aliphatic carbocycles. The molecule has 1 aromatic rings. The highest BCUT2D eigenvalue weighted by molar-refractivity contribution is 5.77. The standard InChI is InChI=1S/C11H21N5/c1-2-3-6-13-11(12)14-7-4-9-16-10-5-8-15-16/h5,8,10H,2-4,6-7,9H2,1H3,(H3,12,13,14). The summed E-state index contributed by atoms with van der Waals surface area (Å²) in [6.07, 6.45) is 6.98. The second kappa shape index (κ2) is 7.73. The van der Waals surface area contributed by atoms with Gasteiger partial charge in [-0.15, -0.1) is 0 Å². The zero-order chi connectivity index (χ0) is 11.6. The van der Waals surface area contributed by atoms with E-state index in [1.807, 2.05) is 16.9 Å². The highest BCUT2D eigenvalue weighted by atomic mass is 15.3. The fraction of sp³-hybridized carbons (Fsp3) is 0.636. The van der Waals surface area contributed by atoms with Crippen LogP contribution in [-0.2, 0) is 6.54 Å². The first kappa shape index (κ1) is 12.5. The fourth-order valence-corrected chi connectivity index (χ4v) is 1.31. The first-order valence-electron chi connectivity index (χ1n) is 5.84. The topological polar surface area (TPSA) is 68.2 Å². The fourth-order valence-electron chi connectivity index (χ4n) is 1.31. The summed E-state index contributed by atoms with van der Waals surface area (Å²) >= 11 is 0. The smallest absolute Gasteiger partial charge is 0.188 e. The van der Waals surface area contributed by atoms with E-state index >= 15 is 0 Å². The highest BCUT2D eigenvalue weighted by Crippen LogP contribution is 1.89. The maximum atomic E-state index is 5.69. The molecular weight excluding hydrogens is 202 g/mol. The molecule has 0 saturated heterocycles. The average Bonchev–Trinajstić information content (AvgIpc) is 2.78. The van der Waals surface area contributed by atoms with Crippen LogP contribution < -0.4 is 11.1 Å². The van der Waals surface area contributed by atoms with Crippen molar-refractivity contribution in [2.45, 2.75) is 32.7 Å². The van der Waals surface area contributed by atoms with Crippen molar-refractivity contribution in [2.75, 3.05) is 13.1 Å². The number of nitrogens with one attached hydrogen (secondary N) is 1. The molecule has 0 aromatic carbocycles. The van der Waals surface area contributed by atoms with Crippen molar-refractivity contribution in [3.63, 3.8) is 0 Å². The summed E-state index contributed by atoms with van der Waals surface area (Å²) in [5, 5.41) is 7.20. The summed E-state index contributed by atoms with van der Waals surface area (Å²) in [4.78, 5) is 4.24. The van der Waals surface area contributed by atoms with E-state index in [1.54, 1.807) is 6.20 Å². The van der Waals surface area contributed by atoms with Gasteiger partial charge in [-0.05, 0) is 18.9 Å². The SMILES string of the molecule is CCCCNC(N)=NCCCn1cccn1. The molecular formula is C11H21N5. The van der Waals surface area contributed by atoms with E-state index in [4.69, 9.17) is 5.73 Å². The number of rotatable bonds is 7. The highest BCUT2D eigenvalue weighted by Gasteiger charge is 1.92. The van der Waals surface area contributed by atoms with Crippen LogP contribution in [0.4, 0.5) is 0 Å². The maximum absolute atomic E-state index is 5.69. The number of aliphatic imine (C=N–C) groups is 1. The Kier molecular flexibility index (Phi) is 6.06. The molecule has 0 atom stereocenters. The first-order chi connectivity index (χ1) is 7.83. The van der Waals surface area contributed by atoms with E-state index in [0.29, 0.717) is 5.96 Å². The Bertz CT molecular complexity index is 291. The molecule has 0 aliphatic rings. The lowest BCUT2D eigenvalue weighted by Gasteiger charge is -2.04. The quantitative estimate of drug-likeness (QED) is 0.411. The number of guanidine groups is 1. The van der Waals surface area contributed by atoms with Gasteiger partial charge < -0.3 is 11.1 Å². The molecule has 0 fully saturated rings. The molecule has 0 unspecified atom stereocenters. The summed E-state index contributed by atoms with van der Waals surface area (Å²) in [6.45, 7) is 4.69. The Hall–Kier alpha value is -1.52. The molecule has 0 saturated carbocycles. The second-order valence-electron chi connectivity index (χ2n) is 3.67. The molecule has 0 aliphatic heterocycles. The second-order valence-corrected chi connectivity index (χ2v) is 3.67. The molecule has 0 bridgehead atoms. The number of hydrogen-bond acceptors (Lipinski definition) is 2. The summed E-state index contributed by atoms with van der Waals surface area (Å²) < 4.78 is 1.90. The van der Waals surface area contributed by atoms with Gasteiger partial charge in [0.25, 0.3) is 0 Å². The average molecular weight is 223 g/mol. The van der Waals surface area contributed by atoms with Gasteiger partial charge in [0.2, 0.25) is 0 Å². The van der Waals surface area contributed by atoms with E-state index in [1.165, 1.54) is 6.42 Å². The van der Waals surface area contributed by atoms with Crippen molar-refractivity contribution in [1.29, 1.82) is 0 Å². The minimum Gasteiger partial charge on any atom is -0.370 e. The Morgan fingerprint density at radius 1 is 1.50 bits per heavy atom. The predicted octanol–water partition coefficient (Wildman–Crippen LogP) is 0.978. The van der Waals surface area contributed by atoms with Crippen molar-refractivity contribution < 1.29 is 0 Å². The molecule has 90 valence electrons. The number of nitrogens with two attached hydrogens (primary N) is 1. The van der Waals surface area contributed by atoms with Gasteiger partial charge in [-0.1, -0.05) is 13.3 Å². The lowest BCUT2D eigenvalue weighted by atomic mass is 10.3. The van der Waals surface area contributed by atoms with Crippen LogP contribution in [0.5, 0.6) is 0 Å². The van der Waals surface area contributed by atoms with Crippen molar-refractivity contribution in [1.82, 2.24) is 15.1 Å². The molecule has 16 heavy (non-hydrogen) atoms. The zero-order valence-corrected chi connectivity index (χ0v) is 9.89. The largest absolute Gasteiger partial charge is 0.370 e. The summed E-state index contributed by atoms with van der Waals surface area (Å²) in [7, 11) is 0. The van der Waals surface area contributed by atoms with Gasteiger partial charge in [0.1, 0.15) is 0 Å². The van der Waals surface area contributed by atoms with Crippen molar-refractivity contribution in [2.24, 2.45) is 10.7 Å². The van der Waals surface area contributed by atoms with Gasteiger partial charge in [0.05, 0.1) is 0 Å². The van der Waals surface area contributed by atoms with Crippen molar-refractivity contribution in [3.8, 4) is 0 Å². The molecule has 5 nitrogen and oxygen atoms in total. The number of aromatic nitrogens is 2. The van der Waals surface area contributed by atoms with E-state index in [0.717, 1.165) is 32.5 Å². The first-order valence-corrected chi connectivity index (χ1v) is 5.84. The Morgan fingerprint density at radius 2 is 2.38 bits per heavy atom. The Labute approximate surface area is 96.7 Å².